The van der Waals surface area contributed by atoms with Gasteiger partial charge in [-0.1, -0.05) is 35.3 Å². The fourth-order valence-corrected chi connectivity index (χ4v) is 16.7. The number of rotatable bonds is 19. The van der Waals surface area contributed by atoms with Crippen molar-refractivity contribution in [3.05, 3.63) is 233 Å². The lowest BCUT2D eigenvalue weighted by atomic mass is 9.95. The third-order valence-corrected chi connectivity index (χ3v) is 23.0. The van der Waals surface area contributed by atoms with E-state index < -0.39 is 41.8 Å². The molecule has 574 valence electrons. The third kappa shape index (κ3) is 16.4. The lowest BCUT2D eigenvalue weighted by molar-refractivity contribution is -0.137. The molecule has 6 saturated heterocycles. The highest BCUT2D eigenvalue weighted by molar-refractivity contribution is 7.12. The maximum atomic E-state index is 14.1. The highest BCUT2D eigenvalue weighted by Gasteiger charge is 2.45. The van der Waals surface area contributed by atoms with Crippen LogP contribution in [0.1, 0.15) is 66.8 Å². The van der Waals surface area contributed by atoms with Gasteiger partial charge in [-0.25, -0.2) is 37.9 Å². The van der Waals surface area contributed by atoms with E-state index in [4.69, 9.17) is 52.1 Å². The summed E-state index contributed by atoms with van der Waals surface area (Å²) < 4.78 is 50.7. The van der Waals surface area contributed by atoms with Gasteiger partial charge in [-0.3, -0.25) is 39.2 Å². The standard InChI is InChI=1S/C41H41ClFN7O6S.C38H35ClFN7O6S/c1-55-40(53)35-34(45-37(38-44-14-19-57-38)46-36(35)32-11-4-27(43)20-33(32)42)23-47-17-18-49-29(21-47)22-50(41(49)54)28-5-9-31(10-6-28)56-30-7-2-26(3-8-30)39(52)48-15-12-25(24-51)13-16-48;1-52-37(50)32-31(42-34(35-41-12-15-54-35)43-33(32)29-11-4-23(40)16-30(29)39)21-44-13-14-46-25(17-44)18-47(38(46)51)24-5-9-28(10-6-24)53-27-7-2-22(3-8-27)36(49)45-19-26(48)20-45/h2-11,14,19-20,25,29,36,51H,12-13,15-18,21-24H2,1H3,(H,45,46);2-12,15-16,25-26,33,48H,13-14,17-21H2,1H3,(H,42,43)/t29-,36-;25-,33-/m00/s1. The number of halogens is 4. The van der Waals surface area contributed by atoms with Crippen molar-refractivity contribution in [3.63, 3.8) is 0 Å². The summed E-state index contributed by atoms with van der Waals surface area (Å²) in [6.45, 7) is 6.89. The van der Waals surface area contributed by atoms with Crippen molar-refractivity contribution in [1.82, 2.24) is 50.0 Å². The zero-order chi connectivity index (χ0) is 77.1. The number of ether oxygens (including phenoxy) is 4. The topological polar surface area (TPSA) is 280 Å². The van der Waals surface area contributed by atoms with E-state index in [2.05, 4.69) is 30.4 Å². The first-order valence-electron chi connectivity index (χ1n) is 36.1. The van der Waals surface area contributed by atoms with Gasteiger partial charge in [0.05, 0.1) is 43.6 Å². The van der Waals surface area contributed by atoms with Crippen LogP contribution in [0.4, 0.5) is 29.7 Å². The Morgan fingerprint density at radius 3 is 1.31 bits per heavy atom. The van der Waals surface area contributed by atoms with E-state index in [0.29, 0.717) is 170 Å². The average molecular weight is 1590 g/mol. The quantitative estimate of drug-likeness (QED) is 0.0548. The molecule has 111 heavy (non-hydrogen) atoms. The lowest BCUT2D eigenvalue weighted by Crippen LogP contribution is -2.53. The Bertz CT molecular complexity index is 4950. The number of thiazole rings is 2. The SMILES string of the molecule is COC(=O)C1=C(CN2CCN3C(=O)N(c4ccc(Oc5ccc(C(=O)N6CC(O)C6)cc5)cc4)C[C@@H]3C2)NC(c2nccs2)=N[C@H]1c1ccc(F)cc1Cl.COC(=O)C1=C(CN2CCN3C(=O)N(c4ccc(Oc5ccc(C(=O)N6CCC(CO)CC6)cc5)cc4)C[C@@H]3C2)NC(c2nccs2)=N[C@H]1c1ccc(F)cc1Cl. The number of nitrogens with zero attached hydrogens (tertiary/aromatic N) is 12. The van der Waals surface area contributed by atoms with Crippen LogP contribution in [0.15, 0.2) is 189 Å². The summed E-state index contributed by atoms with van der Waals surface area (Å²) in [5.41, 5.74) is 5.17. The van der Waals surface area contributed by atoms with Crippen molar-refractivity contribution in [3.8, 4) is 23.0 Å². The number of β-amino-alcohol motifs (C(OH)–C–C–N with tert-alkyl or cyclic N) is 1. The number of methoxy groups -OCH3 is 2. The molecule has 0 radical (unpaired) electrons. The molecule has 4 N–H and O–H groups in total. The molecule has 8 aromatic rings. The van der Waals surface area contributed by atoms with Crippen molar-refractivity contribution < 1.29 is 66.7 Å². The number of nitrogens with one attached hydrogen (secondary N) is 2. The molecule has 0 unspecified atom stereocenters. The maximum absolute atomic E-state index is 14.1. The Morgan fingerprint density at radius 2 is 0.937 bits per heavy atom. The van der Waals surface area contributed by atoms with Gasteiger partial charge < -0.3 is 59.4 Å². The van der Waals surface area contributed by atoms with E-state index in [1.807, 2.05) is 61.9 Å². The van der Waals surface area contributed by atoms with E-state index in [1.165, 1.54) is 73.3 Å². The molecule has 8 aliphatic heterocycles. The summed E-state index contributed by atoms with van der Waals surface area (Å²) in [5.74, 6) is 1.16. The molecule has 32 heteroatoms. The van der Waals surface area contributed by atoms with Crippen LogP contribution in [0.3, 0.4) is 0 Å². The normalized spacial score (nSPS) is 20.3. The molecule has 0 saturated carbocycles. The van der Waals surface area contributed by atoms with Gasteiger partial charge in [-0.15, -0.1) is 22.7 Å². The molecule has 0 bridgehead atoms. The molecule has 16 rings (SSSR count). The molecule has 26 nitrogen and oxygen atoms in total. The van der Waals surface area contributed by atoms with Crippen LogP contribution in [0.2, 0.25) is 10.0 Å². The number of urea groups is 2. The number of carbonyl (C=O) groups is 6. The van der Waals surface area contributed by atoms with E-state index in [9.17, 15) is 47.8 Å². The Balaban J connectivity index is 0.000000176. The van der Waals surface area contributed by atoms with Crippen molar-refractivity contribution >= 4 is 105 Å². The molecule has 8 aliphatic rings. The number of aromatic nitrogens is 2. The van der Waals surface area contributed by atoms with E-state index in [-0.39, 0.29) is 69.7 Å². The molecular formula is C79H76Cl2F2N14O12S2. The second kappa shape index (κ2) is 33.1. The van der Waals surface area contributed by atoms with Gasteiger partial charge in [-0.2, -0.15) is 0 Å². The Morgan fingerprint density at radius 1 is 0.532 bits per heavy atom. The van der Waals surface area contributed by atoms with Crippen LogP contribution in [0.5, 0.6) is 23.0 Å². The minimum Gasteiger partial charge on any atom is -0.466 e. The number of anilines is 2. The number of fused-ring (bicyclic) bond motifs is 2. The number of piperidine rings is 1. The summed E-state index contributed by atoms with van der Waals surface area (Å²) >= 11 is 15.8. The smallest absolute Gasteiger partial charge is 0.338 e. The number of amides is 6. The second-order valence-corrected chi connectivity index (χ2v) is 30.4. The van der Waals surface area contributed by atoms with Crippen molar-refractivity contribution in [1.29, 1.82) is 0 Å². The van der Waals surface area contributed by atoms with Gasteiger partial charge >= 0.3 is 24.0 Å². The van der Waals surface area contributed by atoms with E-state index >= 15 is 0 Å². The van der Waals surface area contributed by atoms with Crippen LogP contribution in [-0.4, -0.2) is 228 Å². The molecule has 10 heterocycles. The molecular weight excluding hydrogens is 1510 g/mol. The molecule has 4 atom stereocenters. The predicted molar refractivity (Wildman–Crippen MR) is 413 cm³/mol. The van der Waals surface area contributed by atoms with Crippen LogP contribution in [0.25, 0.3) is 0 Å². The van der Waals surface area contributed by atoms with Crippen LogP contribution in [-0.2, 0) is 19.1 Å². The Kier molecular flexibility index (Phi) is 22.6. The number of aliphatic hydroxyl groups excluding tert-OH is 2. The summed E-state index contributed by atoms with van der Waals surface area (Å²) in [6.07, 6.45) is 4.48. The van der Waals surface area contributed by atoms with Crippen LogP contribution in [0, 0.1) is 17.6 Å². The van der Waals surface area contributed by atoms with Gasteiger partial charge in [0.15, 0.2) is 21.7 Å². The zero-order valence-corrected chi connectivity index (χ0v) is 63.3. The third-order valence-electron chi connectivity index (χ3n) is 20.8. The fraction of sp³-hybridized carbons (Fsp3) is 0.316. The molecule has 0 spiro atoms. The fourth-order valence-electron chi connectivity index (χ4n) is 14.9. The minimum atomic E-state index is -0.868. The van der Waals surface area contributed by atoms with Crippen molar-refractivity contribution in [2.75, 3.05) is 122 Å². The van der Waals surface area contributed by atoms with Gasteiger partial charge in [0.2, 0.25) is 0 Å². The first kappa shape index (κ1) is 75.7. The number of aliphatic hydroxyl groups is 2. The van der Waals surface area contributed by atoms with Crippen LogP contribution >= 0.6 is 45.9 Å². The number of hydrogen-bond acceptors (Lipinski definition) is 22. The van der Waals surface area contributed by atoms with Crippen molar-refractivity contribution in [2.24, 2.45) is 15.9 Å². The summed E-state index contributed by atoms with van der Waals surface area (Å²) in [4.78, 5) is 113. The highest BCUT2D eigenvalue weighted by Crippen LogP contribution is 2.41. The molecule has 6 amide bonds. The van der Waals surface area contributed by atoms with Crippen molar-refractivity contribution in [2.45, 2.75) is 43.1 Å². The first-order chi connectivity index (χ1) is 53.8. The average Bonchev–Trinajstić information content (AvgIpc) is 1.70. The largest absolute Gasteiger partial charge is 0.466 e. The van der Waals surface area contributed by atoms with Gasteiger partial charge in [0, 0.05) is 176 Å². The highest BCUT2D eigenvalue weighted by atomic mass is 35.5. The summed E-state index contributed by atoms with van der Waals surface area (Å²) in [5, 5.41) is 30.7. The van der Waals surface area contributed by atoms with Gasteiger partial charge in [-0.05, 0) is 140 Å². The molecule has 2 aromatic heterocycles. The van der Waals surface area contributed by atoms with Gasteiger partial charge in [0.25, 0.3) is 11.8 Å². The zero-order valence-electron chi connectivity index (χ0n) is 60.2. The summed E-state index contributed by atoms with van der Waals surface area (Å²) in [6, 6.07) is 34.4. The Hall–Kier alpha value is -10.7. The first-order valence-corrected chi connectivity index (χ1v) is 38.6. The van der Waals surface area contributed by atoms with Crippen LogP contribution < -0.4 is 29.9 Å². The molecule has 6 aromatic carbocycles. The second-order valence-electron chi connectivity index (χ2n) is 27.8. The number of hydrogen-bond donors (Lipinski definition) is 4. The predicted octanol–water partition coefficient (Wildman–Crippen LogP) is 10.4. The Labute approximate surface area is 655 Å². The summed E-state index contributed by atoms with van der Waals surface area (Å²) in [7, 11) is 2.61. The minimum absolute atomic E-state index is 0.0261. The van der Waals surface area contributed by atoms with Gasteiger partial charge in [0.1, 0.15) is 46.7 Å². The number of piperazine rings is 2. The monoisotopic (exact) mass is 1580 g/mol. The number of amidine groups is 2. The molecule has 6 fully saturated rings. The lowest BCUT2D eigenvalue weighted by Gasteiger charge is -2.38. The van der Waals surface area contributed by atoms with E-state index in [0.717, 1.165) is 24.2 Å². The van der Waals surface area contributed by atoms with E-state index in [1.54, 1.807) is 87.8 Å². The number of aliphatic imine (C=N–C) groups is 2. The number of likely N-dealkylation sites (tertiary alicyclic amines) is 2. The molecule has 0 aliphatic carbocycles. The maximum Gasteiger partial charge on any atom is 0.338 e. The number of benzene rings is 6. The number of carbonyl (C=O) groups excluding carboxylic acids is 6. The number of esters is 2.